The fraction of sp³-hybridized carbons (Fsp3) is 0.150. The number of benzene rings is 2. The molecule has 0 radical (unpaired) electrons. The topological polar surface area (TPSA) is 65.8 Å². The molecule has 0 aliphatic carbocycles. The minimum absolute atomic E-state index is 0.168. The molecule has 0 atom stereocenters. The Balaban J connectivity index is 1.51. The number of hydrogen-bond donors (Lipinski definition) is 1. The van der Waals surface area contributed by atoms with Crippen LogP contribution in [0.15, 0.2) is 60.8 Å². The van der Waals surface area contributed by atoms with Gasteiger partial charge in [-0.1, -0.05) is 36.4 Å². The summed E-state index contributed by atoms with van der Waals surface area (Å²) in [6.45, 7) is 0.522. The normalized spacial score (nSPS) is 10.2. The van der Waals surface area contributed by atoms with Gasteiger partial charge in [0.1, 0.15) is 0 Å². The lowest BCUT2D eigenvalue weighted by molar-refractivity contribution is 0.0954. The number of rotatable bonds is 6. The van der Waals surface area contributed by atoms with Crippen LogP contribution in [0.25, 0.3) is 0 Å². The second-order valence-electron chi connectivity index (χ2n) is 5.58. The third kappa shape index (κ3) is 4.75. The number of nitrogens with one attached hydrogen (secondary N) is 1. The quantitative estimate of drug-likeness (QED) is 0.741. The predicted octanol–water partition coefficient (Wildman–Crippen LogP) is 3.58. The van der Waals surface area contributed by atoms with Crippen LogP contribution in [0.1, 0.15) is 31.4 Å². The van der Waals surface area contributed by atoms with E-state index < -0.39 is 0 Å². The van der Waals surface area contributed by atoms with Gasteiger partial charge >= 0.3 is 0 Å². The third-order valence-corrected chi connectivity index (χ3v) is 4.76. The summed E-state index contributed by atoms with van der Waals surface area (Å²) in [6, 6.07) is 19.0. The lowest BCUT2D eigenvalue weighted by Crippen LogP contribution is -2.25. The first-order valence-electron chi connectivity index (χ1n) is 8.00. The number of nitrogens with zero attached hydrogens (tertiary/aromatic N) is 2. The Morgan fingerprint density at radius 1 is 1.16 bits per heavy atom. The molecule has 2 aromatic carbocycles. The highest BCUT2D eigenvalue weighted by Gasteiger charge is 2.07. The van der Waals surface area contributed by atoms with Gasteiger partial charge in [-0.2, -0.15) is 5.26 Å². The molecule has 0 spiro atoms. The van der Waals surface area contributed by atoms with E-state index in [0.29, 0.717) is 24.1 Å². The van der Waals surface area contributed by atoms with Crippen molar-refractivity contribution in [3.63, 3.8) is 0 Å². The highest BCUT2D eigenvalue weighted by Crippen LogP contribution is 2.17. The largest absolute Gasteiger partial charge is 0.352 e. The van der Waals surface area contributed by atoms with E-state index in [9.17, 15) is 4.79 Å². The van der Waals surface area contributed by atoms with Crippen LogP contribution in [0.3, 0.4) is 0 Å². The van der Waals surface area contributed by atoms with E-state index in [0.717, 1.165) is 11.4 Å². The molecule has 5 heteroatoms. The highest BCUT2D eigenvalue weighted by molar-refractivity contribution is 7.11. The average Bonchev–Trinajstić information content (AvgIpc) is 3.09. The summed E-state index contributed by atoms with van der Waals surface area (Å²) in [4.78, 5) is 17.8. The van der Waals surface area contributed by atoms with E-state index in [1.807, 2.05) is 30.5 Å². The van der Waals surface area contributed by atoms with E-state index in [1.54, 1.807) is 35.6 Å². The maximum atomic E-state index is 12.1. The molecule has 0 unspecified atom stereocenters. The first-order chi connectivity index (χ1) is 12.2. The van der Waals surface area contributed by atoms with Crippen molar-refractivity contribution in [2.75, 3.05) is 6.54 Å². The maximum absolute atomic E-state index is 12.1. The minimum Gasteiger partial charge on any atom is -0.352 e. The van der Waals surface area contributed by atoms with Crippen molar-refractivity contribution < 1.29 is 4.79 Å². The Bertz CT molecular complexity index is 897. The second-order valence-corrected chi connectivity index (χ2v) is 6.78. The lowest BCUT2D eigenvalue weighted by atomic mass is 10.1. The molecular weight excluding hydrogens is 330 g/mol. The Morgan fingerprint density at radius 2 is 2.00 bits per heavy atom. The predicted molar refractivity (Wildman–Crippen MR) is 98.6 cm³/mol. The molecular formula is C20H17N3OS. The Hall–Kier alpha value is -2.97. The molecule has 0 aliphatic heterocycles. The molecule has 0 fully saturated rings. The number of carbonyl (C=O) groups is 1. The van der Waals surface area contributed by atoms with E-state index in [4.69, 9.17) is 5.26 Å². The lowest BCUT2D eigenvalue weighted by Gasteiger charge is -2.04. The monoisotopic (exact) mass is 347 g/mol. The van der Waals surface area contributed by atoms with Crippen LogP contribution in [0.4, 0.5) is 0 Å². The molecule has 1 N–H and O–H groups in total. The van der Waals surface area contributed by atoms with Gasteiger partial charge < -0.3 is 5.32 Å². The standard InChI is InChI=1S/C20H17N3OS/c21-13-16-7-4-8-17(11-16)20(24)22-10-9-19-23-14-18(25-19)12-15-5-2-1-3-6-15/h1-8,11,14H,9-10,12H2,(H,22,24). The zero-order valence-electron chi connectivity index (χ0n) is 13.6. The number of carbonyl (C=O) groups excluding carboxylic acids is 1. The number of hydrogen-bond acceptors (Lipinski definition) is 4. The molecule has 0 saturated carbocycles. The molecule has 4 nitrogen and oxygen atoms in total. The zero-order valence-corrected chi connectivity index (χ0v) is 14.4. The van der Waals surface area contributed by atoms with Crippen molar-refractivity contribution in [1.82, 2.24) is 10.3 Å². The van der Waals surface area contributed by atoms with Crippen molar-refractivity contribution in [2.45, 2.75) is 12.8 Å². The number of aromatic nitrogens is 1. The van der Waals surface area contributed by atoms with Gasteiger partial charge in [-0.25, -0.2) is 4.98 Å². The van der Waals surface area contributed by atoms with Crippen molar-refractivity contribution in [2.24, 2.45) is 0 Å². The molecule has 1 amide bonds. The first kappa shape index (κ1) is 16.9. The summed E-state index contributed by atoms with van der Waals surface area (Å²) in [7, 11) is 0. The fourth-order valence-corrected chi connectivity index (χ4v) is 3.41. The smallest absolute Gasteiger partial charge is 0.251 e. The third-order valence-electron chi connectivity index (χ3n) is 3.70. The van der Waals surface area contributed by atoms with Crippen molar-refractivity contribution in [1.29, 1.82) is 5.26 Å². The summed E-state index contributed by atoms with van der Waals surface area (Å²) < 4.78 is 0. The second kappa shape index (κ2) is 8.22. The van der Waals surface area contributed by atoms with Gasteiger partial charge in [-0.15, -0.1) is 11.3 Å². The van der Waals surface area contributed by atoms with E-state index in [-0.39, 0.29) is 5.91 Å². The van der Waals surface area contributed by atoms with Gasteiger partial charge in [0.25, 0.3) is 5.91 Å². The van der Waals surface area contributed by atoms with Crippen LogP contribution in [0.2, 0.25) is 0 Å². The van der Waals surface area contributed by atoms with Gasteiger partial charge in [0, 0.05) is 36.0 Å². The molecule has 1 aromatic heterocycles. The van der Waals surface area contributed by atoms with Crippen LogP contribution in [-0.2, 0) is 12.8 Å². The van der Waals surface area contributed by atoms with Crippen LogP contribution >= 0.6 is 11.3 Å². The van der Waals surface area contributed by atoms with Crippen molar-refractivity contribution in [3.8, 4) is 6.07 Å². The molecule has 124 valence electrons. The fourth-order valence-electron chi connectivity index (χ4n) is 2.46. The minimum atomic E-state index is -0.168. The van der Waals surface area contributed by atoms with Gasteiger partial charge in [0.05, 0.1) is 16.6 Å². The molecule has 3 aromatic rings. The van der Waals surface area contributed by atoms with Crippen LogP contribution in [0.5, 0.6) is 0 Å². The summed E-state index contributed by atoms with van der Waals surface area (Å²) in [6.07, 6.45) is 3.49. The molecule has 0 aliphatic rings. The number of nitriles is 1. The molecule has 25 heavy (non-hydrogen) atoms. The Labute approximate surface area is 150 Å². The summed E-state index contributed by atoms with van der Waals surface area (Å²) in [5.74, 6) is -0.168. The Morgan fingerprint density at radius 3 is 2.80 bits per heavy atom. The van der Waals surface area contributed by atoms with Crippen LogP contribution in [-0.4, -0.2) is 17.4 Å². The molecule has 0 bridgehead atoms. The van der Waals surface area contributed by atoms with Gasteiger partial charge in [0.15, 0.2) is 0 Å². The molecule has 1 heterocycles. The van der Waals surface area contributed by atoms with Crippen LogP contribution in [0, 0.1) is 11.3 Å². The van der Waals surface area contributed by atoms with Crippen molar-refractivity contribution >= 4 is 17.2 Å². The van der Waals surface area contributed by atoms with Gasteiger partial charge in [0.2, 0.25) is 0 Å². The maximum Gasteiger partial charge on any atom is 0.251 e. The zero-order chi connectivity index (χ0) is 17.5. The van der Waals surface area contributed by atoms with Gasteiger partial charge in [-0.05, 0) is 23.8 Å². The van der Waals surface area contributed by atoms with Gasteiger partial charge in [-0.3, -0.25) is 4.79 Å². The van der Waals surface area contributed by atoms with E-state index in [1.165, 1.54) is 10.4 Å². The average molecular weight is 347 g/mol. The summed E-state index contributed by atoms with van der Waals surface area (Å²) in [5.41, 5.74) is 2.25. The van der Waals surface area contributed by atoms with E-state index >= 15 is 0 Å². The summed E-state index contributed by atoms with van der Waals surface area (Å²) >= 11 is 1.68. The molecule has 0 saturated heterocycles. The Kier molecular flexibility index (Phi) is 5.55. The highest BCUT2D eigenvalue weighted by atomic mass is 32.1. The van der Waals surface area contributed by atoms with E-state index in [2.05, 4.69) is 22.4 Å². The number of amides is 1. The molecule has 3 rings (SSSR count). The van der Waals surface area contributed by atoms with Crippen LogP contribution < -0.4 is 5.32 Å². The number of thiazole rings is 1. The summed E-state index contributed by atoms with van der Waals surface area (Å²) in [5, 5.41) is 12.8. The first-order valence-corrected chi connectivity index (χ1v) is 8.82. The SMILES string of the molecule is N#Cc1cccc(C(=O)NCCc2ncc(Cc3ccccc3)s2)c1. The van der Waals surface area contributed by atoms with Crippen molar-refractivity contribution in [3.05, 3.63) is 87.4 Å².